The van der Waals surface area contributed by atoms with Gasteiger partial charge in [0.05, 0.1) is 17.3 Å². The summed E-state index contributed by atoms with van der Waals surface area (Å²) in [6.45, 7) is 2.59. The minimum atomic E-state index is -0.958. The molecule has 0 unspecified atom stereocenters. The Labute approximate surface area is 125 Å². The molecule has 2 N–H and O–H groups in total. The molecule has 0 saturated heterocycles. The van der Waals surface area contributed by atoms with Crippen molar-refractivity contribution in [1.29, 1.82) is 0 Å². The molecule has 1 aromatic carbocycles. The lowest BCUT2D eigenvalue weighted by molar-refractivity contribution is 0.0701. The minimum Gasteiger partial charge on any atom is -0.490 e. The summed E-state index contributed by atoms with van der Waals surface area (Å²) in [6.07, 6.45) is 0. The molecule has 0 saturated carbocycles. The number of carboxylic acids is 1. The smallest absolute Gasteiger partial charge is 0.347 e. The number of nitrogens with zero attached hydrogens (tertiary/aromatic N) is 1. The predicted octanol–water partition coefficient (Wildman–Crippen LogP) is 3.29. The zero-order valence-electron chi connectivity index (χ0n) is 10.7. The summed E-state index contributed by atoms with van der Waals surface area (Å²) in [6, 6.07) is 7.23. The molecule has 2 rings (SSSR count). The van der Waals surface area contributed by atoms with E-state index in [1.807, 2.05) is 12.1 Å². The Balaban J connectivity index is 1.83. The third-order valence-corrected chi connectivity index (χ3v) is 3.88. The summed E-state index contributed by atoms with van der Waals surface area (Å²) in [5.41, 5.74) is 0.511. The van der Waals surface area contributed by atoms with E-state index in [4.69, 9.17) is 21.4 Å². The van der Waals surface area contributed by atoms with Crippen molar-refractivity contribution in [3.8, 4) is 5.75 Å². The van der Waals surface area contributed by atoms with Crippen LogP contribution in [0.4, 0.5) is 5.13 Å². The quantitative estimate of drug-likeness (QED) is 0.801. The number of anilines is 1. The molecule has 0 aliphatic heterocycles. The molecule has 7 heteroatoms. The molecule has 0 spiro atoms. The second kappa shape index (κ2) is 6.58. The fraction of sp³-hybridized carbons (Fsp3) is 0.231. The van der Waals surface area contributed by atoms with Crippen molar-refractivity contribution in [2.24, 2.45) is 0 Å². The highest BCUT2D eigenvalue weighted by molar-refractivity contribution is 7.17. The van der Waals surface area contributed by atoms with Crippen molar-refractivity contribution < 1.29 is 14.6 Å². The topological polar surface area (TPSA) is 71.5 Å². The fourth-order valence-electron chi connectivity index (χ4n) is 1.55. The molecule has 0 aliphatic rings. The Hall–Kier alpha value is -1.79. The Morgan fingerprint density at radius 1 is 1.50 bits per heavy atom. The first-order chi connectivity index (χ1) is 9.58. The lowest BCUT2D eigenvalue weighted by Gasteiger charge is -2.07. The second-order valence-corrected chi connectivity index (χ2v) is 5.35. The predicted molar refractivity (Wildman–Crippen MR) is 79.2 cm³/mol. The molecular weight excluding hydrogens is 300 g/mol. The molecule has 5 nitrogen and oxygen atoms in total. The van der Waals surface area contributed by atoms with E-state index in [1.54, 1.807) is 19.1 Å². The highest BCUT2D eigenvalue weighted by Gasteiger charge is 2.13. The molecule has 106 valence electrons. The molecule has 0 bridgehead atoms. The maximum atomic E-state index is 10.9. The van der Waals surface area contributed by atoms with Gasteiger partial charge in [0.1, 0.15) is 17.2 Å². The number of ether oxygens (including phenoxy) is 1. The first-order valence-electron chi connectivity index (χ1n) is 5.90. The van der Waals surface area contributed by atoms with Crippen molar-refractivity contribution in [2.75, 3.05) is 18.5 Å². The highest BCUT2D eigenvalue weighted by Crippen LogP contribution is 2.24. The number of hydrogen-bond acceptors (Lipinski definition) is 5. The second-order valence-electron chi connectivity index (χ2n) is 3.94. The van der Waals surface area contributed by atoms with Crippen LogP contribution in [0.15, 0.2) is 24.3 Å². The van der Waals surface area contributed by atoms with Gasteiger partial charge in [0.15, 0.2) is 5.13 Å². The maximum Gasteiger partial charge on any atom is 0.347 e. The molecule has 0 amide bonds. The molecule has 0 fully saturated rings. The van der Waals surface area contributed by atoms with Gasteiger partial charge in [0.25, 0.3) is 0 Å². The summed E-state index contributed by atoms with van der Waals surface area (Å²) >= 11 is 7.07. The van der Waals surface area contributed by atoms with E-state index in [-0.39, 0.29) is 4.88 Å². The third-order valence-electron chi connectivity index (χ3n) is 2.46. The lowest BCUT2D eigenvalue weighted by atomic mass is 10.3. The first-order valence-corrected chi connectivity index (χ1v) is 7.09. The van der Waals surface area contributed by atoms with Crippen LogP contribution in [0.2, 0.25) is 5.02 Å². The summed E-state index contributed by atoms with van der Waals surface area (Å²) < 4.78 is 5.51. The van der Waals surface area contributed by atoms with Crippen molar-refractivity contribution in [3.63, 3.8) is 0 Å². The van der Waals surface area contributed by atoms with Crippen LogP contribution in [0.1, 0.15) is 15.4 Å². The van der Waals surface area contributed by atoms with Crippen LogP contribution in [0.25, 0.3) is 0 Å². The van der Waals surface area contributed by atoms with Crippen LogP contribution in [0.3, 0.4) is 0 Å². The van der Waals surface area contributed by atoms with Crippen LogP contribution >= 0.6 is 22.9 Å². The van der Waals surface area contributed by atoms with Gasteiger partial charge in [0.2, 0.25) is 0 Å². The van der Waals surface area contributed by atoms with E-state index < -0.39 is 5.97 Å². The Bertz CT molecular complexity index is 615. The zero-order chi connectivity index (χ0) is 14.5. The number of carbonyl (C=O) groups is 1. The van der Waals surface area contributed by atoms with E-state index in [1.165, 1.54) is 0 Å². The molecule has 0 aliphatic carbocycles. The van der Waals surface area contributed by atoms with E-state index in [0.29, 0.717) is 34.7 Å². The van der Waals surface area contributed by atoms with Gasteiger partial charge in [-0.15, -0.1) is 0 Å². The normalized spacial score (nSPS) is 10.3. The number of carboxylic acid groups (broad SMARTS) is 1. The monoisotopic (exact) mass is 312 g/mol. The number of aryl methyl sites for hydroxylation is 1. The zero-order valence-corrected chi connectivity index (χ0v) is 12.3. The van der Waals surface area contributed by atoms with Crippen molar-refractivity contribution in [1.82, 2.24) is 4.98 Å². The summed E-state index contributed by atoms with van der Waals surface area (Å²) in [5, 5.41) is 13.1. The molecule has 0 radical (unpaired) electrons. The van der Waals surface area contributed by atoms with E-state index in [2.05, 4.69) is 10.3 Å². The standard InChI is InChI=1S/C13H13ClN2O3S/c1-8-11(12(17)18)20-13(16-8)15-6-7-19-10-5-3-2-4-9(10)14/h2-5H,6-7H2,1H3,(H,15,16)(H,17,18). The number of aromatic carboxylic acids is 1. The van der Waals surface area contributed by atoms with Gasteiger partial charge in [-0.25, -0.2) is 9.78 Å². The Morgan fingerprint density at radius 3 is 2.90 bits per heavy atom. The third kappa shape index (κ3) is 3.61. The number of hydrogen-bond donors (Lipinski definition) is 2. The SMILES string of the molecule is Cc1nc(NCCOc2ccccc2Cl)sc1C(=O)O. The van der Waals surface area contributed by atoms with Crippen LogP contribution in [0, 0.1) is 6.92 Å². The number of nitrogens with one attached hydrogen (secondary N) is 1. The average molecular weight is 313 g/mol. The molecule has 2 aromatic rings. The van der Waals surface area contributed by atoms with Gasteiger partial charge in [-0.3, -0.25) is 0 Å². The van der Waals surface area contributed by atoms with Crippen LogP contribution in [-0.4, -0.2) is 29.2 Å². The number of rotatable bonds is 6. The van der Waals surface area contributed by atoms with Gasteiger partial charge < -0.3 is 15.2 Å². The number of thiazole rings is 1. The minimum absolute atomic E-state index is 0.250. The van der Waals surface area contributed by atoms with E-state index in [9.17, 15) is 4.79 Å². The number of para-hydroxylation sites is 1. The summed E-state index contributed by atoms with van der Waals surface area (Å²) in [7, 11) is 0. The largest absolute Gasteiger partial charge is 0.490 e. The van der Waals surface area contributed by atoms with Crippen LogP contribution in [0.5, 0.6) is 5.75 Å². The van der Waals surface area contributed by atoms with Crippen LogP contribution in [-0.2, 0) is 0 Å². The van der Waals surface area contributed by atoms with Crippen LogP contribution < -0.4 is 10.1 Å². The van der Waals surface area contributed by atoms with Gasteiger partial charge in [-0.05, 0) is 19.1 Å². The molecule has 0 atom stereocenters. The first kappa shape index (κ1) is 14.6. The molecule has 1 aromatic heterocycles. The van der Waals surface area contributed by atoms with E-state index >= 15 is 0 Å². The fourth-order valence-corrected chi connectivity index (χ4v) is 2.57. The summed E-state index contributed by atoms with van der Waals surface area (Å²) in [4.78, 5) is 15.3. The highest BCUT2D eigenvalue weighted by atomic mass is 35.5. The van der Waals surface area contributed by atoms with Gasteiger partial charge in [-0.1, -0.05) is 35.1 Å². The molecular formula is C13H13ClN2O3S. The Morgan fingerprint density at radius 2 is 2.25 bits per heavy atom. The van der Waals surface area contributed by atoms with E-state index in [0.717, 1.165) is 11.3 Å². The van der Waals surface area contributed by atoms with Gasteiger partial charge in [0, 0.05) is 0 Å². The number of benzene rings is 1. The lowest BCUT2D eigenvalue weighted by Crippen LogP contribution is -2.11. The maximum absolute atomic E-state index is 10.9. The summed E-state index contributed by atoms with van der Waals surface area (Å²) in [5.74, 6) is -0.335. The van der Waals surface area contributed by atoms with Crippen molar-refractivity contribution >= 4 is 34.0 Å². The van der Waals surface area contributed by atoms with Gasteiger partial charge >= 0.3 is 5.97 Å². The average Bonchev–Trinajstić information content (AvgIpc) is 2.78. The van der Waals surface area contributed by atoms with Crippen molar-refractivity contribution in [3.05, 3.63) is 39.9 Å². The number of halogens is 1. The molecule has 1 heterocycles. The molecule has 20 heavy (non-hydrogen) atoms. The Kier molecular flexibility index (Phi) is 4.81. The number of aromatic nitrogens is 1. The van der Waals surface area contributed by atoms with Gasteiger partial charge in [-0.2, -0.15) is 0 Å². The van der Waals surface area contributed by atoms with Crippen molar-refractivity contribution in [2.45, 2.75) is 6.92 Å².